The fraction of sp³-hybridized carbons (Fsp3) is 0.381. The van der Waals surface area contributed by atoms with Crippen LogP contribution in [0, 0.1) is 5.92 Å². The minimum absolute atomic E-state index is 0.444. The molecule has 0 bridgehead atoms. The summed E-state index contributed by atoms with van der Waals surface area (Å²) < 4.78 is 13.4. The van der Waals surface area contributed by atoms with Gasteiger partial charge in [-0.15, -0.1) is 5.10 Å². The fourth-order valence-electron chi connectivity index (χ4n) is 3.80. The molecule has 1 aromatic carbocycles. The lowest BCUT2D eigenvalue weighted by Gasteiger charge is -2.21. The molecule has 1 atom stereocenters. The Kier molecular flexibility index (Phi) is 4.44. The van der Waals surface area contributed by atoms with Crippen molar-refractivity contribution in [2.24, 2.45) is 18.0 Å². The van der Waals surface area contributed by atoms with E-state index in [9.17, 15) is 0 Å². The first kappa shape index (κ1) is 17.2. The Hall–Kier alpha value is -2.93. The van der Waals surface area contributed by atoms with Crippen LogP contribution in [-0.4, -0.2) is 40.4 Å². The van der Waals surface area contributed by atoms with Gasteiger partial charge in [-0.05, 0) is 37.1 Å². The molecule has 0 saturated carbocycles. The molecular formula is C21H23N5O2. The van der Waals surface area contributed by atoms with Crippen molar-refractivity contribution in [2.45, 2.75) is 19.4 Å². The maximum absolute atomic E-state index is 6.03. The van der Waals surface area contributed by atoms with Crippen molar-refractivity contribution in [3.05, 3.63) is 47.8 Å². The van der Waals surface area contributed by atoms with Crippen molar-refractivity contribution in [2.75, 3.05) is 25.1 Å². The number of amidine groups is 1. The minimum Gasteiger partial charge on any atom is -0.476 e. The van der Waals surface area contributed by atoms with Gasteiger partial charge < -0.3 is 14.8 Å². The van der Waals surface area contributed by atoms with E-state index in [2.05, 4.69) is 32.5 Å². The molecule has 2 aliphatic rings. The van der Waals surface area contributed by atoms with Gasteiger partial charge in [-0.2, -0.15) is 0 Å². The third-order valence-electron chi connectivity index (χ3n) is 5.31. The van der Waals surface area contributed by atoms with Crippen LogP contribution in [0.5, 0.6) is 5.88 Å². The number of aromatic nitrogens is 3. The van der Waals surface area contributed by atoms with Crippen molar-refractivity contribution < 1.29 is 9.47 Å². The summed E-state index contributed by atoms with van der Waals surface area (Å²) in [6.07, 6.45) is 4.05. The van der Waals surface area contributed by atoms with Crippen LogP contribution in [-0.2, 0) is 18.3 Å². The molecule has 0 radical (unpaired) electrons. The van der Waals surface area contributed by atoms with Crippen molar-refractivity contribution in [1.29, 1.82) is 0 Å². The summed E-state index contributed by atoms with van der Waals surface area (Å²) in [7, 11) is 1.94. The predicted octanol–water partition coefficient (Wildman–Crippen LogP) is 3.15. The summed E-state index contributed by atoms with van der Waals surface area (Å²) in [5.74, 6) is 1.94. The molecule has 1 saturated heterocycles. The molecule has 7 heteroatoms. The number of nitrogens with one attached hydrogen (secondary N) is 1. The van der Waals surface area contributed by atoms with Crippen LogP contribution in [0.25, 0.3) is 10.9 Å². The largest absolute Gasteiger partial charge is 0.476 e. The molecule has 0 aliphatic carbocycles. The lowest BCUT2D eigenvalue weighted by atomic mass is 10.0. The molecule has 144 valence electrons. The highest BCUT2D eigenvalue weighted by Gasteiger charge is 2.19. The summed E-state index contributed by atoms with van der Waals surface area (Å²) in [5.41, 5.74) is 4.04. The zero-order chi connectivity index (χ0) is 18.9. The fourth-order valence-corrected chi connectivity index (χ4v) is 3.80. The lowest BCUT2D eigenvalue weighted by Crippen LogP contribution is -2.23. The SMILES string of the molecule is Cn1nc(OCC2CCCOC2)c2ccc(NC3=NCc4cccnc43)cc21. The Morgan fingerprint density at radius 3 is 3.18 bits per heavy atom. The molecule has 0 amide bonds. The maximum atomic E-state index is 6.03. The topological polar surface area (TPSA) is 73.6 Å². The van der Waals surface area contributed by atoms with E-state index in [0.717, 1.165) is 59.7 Å². The van der Waals surface area contributed by atoms with Gasteiger partial charge in [0.2, 0.25) is 5.88 Å². The van der Waals surface area contributed by atoms with Crippen LogP contribution in [0.1, 0.15) is 24.1 Å². The third kappa shape index (κ3) is 3.22. The van der Waals surface area contributed by atoms with E-state index in [1.165, 1.54) is 0 Å². The number of pyridine rings is 1. The molecule has 0 spiro atoms. The van der Waals surface area contributed by atoms with E-state index in [4.69, 9.17) is 9.47 Å². The maximum Gasteiger partial charge on any atom is 0.240 e. The molecule has 1 N–H and O–H groups in total. The molecule has 1 fully saturated rings. The minimum atomic E-state index is 0.444. The number of fused-ring (bicyclic) bond motifs is 2. The van der Waals surface area contributed by atoms with E-state index in [0.29, 0.717) is 24.9 Å². The molecule has 7 nitrogen and oxygen atoms in total. The summed E-state index contributed by atoms with van der Waals surface area (Å²) in [4.78, 5) is 9.02. The van der Waals surface area contributed by atoms with Gasteiger partial charge in [0.15, 0.2) is 5.84 Å². The van der Waals surface area contributed by atoms with E-state index in [1.54, 1.807) is 6.20 Å². The molecule has 3 aromatic rings. The molecule has 1 unspecified atom stereocenters. The molecular weight excluding hydrogens is 354 g/mol. The normalized spacial score (nSPS) is 18.8. The quantitative estimate of drug-likeness (QED) is 0.756. The van der Waals surface area contributed by atoms with Crippen molar-refractivity contribution in [3.8, 4) is 5.88 Å². The number of aliphatic imine (C=N–C) groups is 1. The number of nitrogens with zero attached hydrogens (tertiary/aromatic N) is 4. The summed E-state index contributed by atoms with van der Waals surface area (Å²) in [5, 5.41) is 8.98. The number of hydrogen-bond acceptors (Lipinski definition) is 6. The smallest absolute Gasteiger partial charge is 0.240 e. The first-order chi connectivity index (χ1) is 13.8. The van der Waals surface area contributed by atoms with Crippen molar-refractivity contribution in [3.63, 3.8) is 0 Å². The number of ether oxygens (including phenoxy) is 2. The van der Waals surface area contributed by atoms with E-state index in [1.807, 2.05) is 29.9 Å². The van der Waals surface area contributed by atoms with Crippen LogP contribution in [0.4, 0.5) is 5.69 Å². The predicted molar refractivity (Wildman–Crippen MR) is 108 cm³/mol. The Bertz CT molecular complexity index is 1040. The summed E-state index contributed by atoms with van der Waals surface area (Å²) in [6.45, 7) is 2.95. The number of benzene rings is 1. The second kappa shape index (κ2) is 7.24. The van der Waals surface area contributed by atoms with Gasteiger partial charge in [0.05, 0.1) is 30.7 Å². The molecule has 5 rings (SSSR count). The van der Waals surface area contributed by atoms with Crippen LogP contribution in [0.2, 0.25) is 0 Å². The van der Waals surface area contributed by atoms with Gasteiger partial charge in [-0.25, -0.2) is 0 Å². The van der Waals surface area contributed by atoms with Gasteiger partial charge in [-0.1, -0.05) is 6.07 Å². The number of rotatable bonds is 4. The second-order valence-corrected chi connectivity index (χ2v) is 7.36. The number of hydrogen-bond donors (Lipinski definition) is 1. The molecule has 4 heterocycles. The highest BCUT2D eigenvalue weighted by atomic mass is 16.5. The monoisotopic (exact) mass is 377 g/mol. The van der Waals surface area contributed by atoms with Gasteiger partial charge >= 0.3 is 0 Å². The average Bonchev–Trinajstić information content (AvgIpc) is 3.28. The average molecular weight is 377 g/mol. The highest BCUT2D eigenvalue weighted by Crippen LogP contribution is 2.29. The second-order valence-electron chi connectivity index (χ2n) is 7.36. The Balaban J connectivity index is 1.34. The lowest BCUT2D eigenvalue weighted by molar-refractivity contribution is 0.0346. The van der Waals surface area contributed by atoms with E-state index >= 15 is 0 Å². The van der Waals surface area contributed by atoms with Crippen molar-refractivity contribution in [1.82, 2.24) is 14.8 Å². The first-order valence-electron chi connectivity index (χ1n) is 9.71. The van der Waals surface area contributed by atoms with Crippen LogP contribution in [0.3, 0.4) is 0 Å². The Morgan fingerprint density at radius 2 is 2.29 bits per heavy atom. The van der Waals surface area contributed by atoms with Crippen LogP contribution >= 0.6 is 0 Å². The molecule has 2 aliphatic heterocycles. The van der Waals surface area contributed by atoms with E-state index < -0.39 is 0 Å². The Labute approximate surface area is 163 Å². The number of anilines is 1. The zero-order valence-corrected chi connectivity index (χ0v) is 15.9. The molecule has 28 heavy (non-hydrogen) atoms. The third-order valence-corrected chi connectivity index (χ3v) is 5.31. The number of aryl methyl sites for hydroxylation is 1. The van der Waals surface area contributed by atoms with Crippen LogP contribution < -0.4 is 10.1 Å². The summed E-state index contributed by atoms with van der Waals surface area (Å²) >= 11 is 0. The summed E-state index contributed by atoms with van der Waals surface area (Å²) in [6, 6.07) is 10.2. The van der Waals surface area contributed by atoms with Crippen molar-refractivity contribution >= 4 is 22.4 Å². The van der Waals surface area contributed by atoms with E-state index in [-0.39, 0.29) is 0 Å². The van der Waals surface area contributed by atoms with Gasteiger partial charge in [0, 0.05) is 37.0 Å². The van der Waals surface area contributed by atoms with Gasteiger partial charge in [-0.3, -0.25) is 14.7 Å². The van der Waals surface area contributed by atoms with Crippen LogP contribution in [0.15, 0.2) is 41.5 Å². The molecule has 2 aromatic heterocycles. The Morgan fingerprint density at radius 1 is 1.32 bits per heavy atom. The highest BCUT2D eigenvalue weighted by molar-refractivity contribution is 6.09. The van der Waals surface area contributed by atoms with Gasteiger partial charge in [0.1, 0.15) is 5.69 Å². The first-order valence-corrected chi connectivity index (χ1v) is 9.71. The van der Waals surface area contributed by atoms with Gasteiger partial charge in [0.25, 0.3) is 0 Å². The standard InChI is InChI=1S/C21H23N5O2/c1-26-18-10-16(24-20-19-15(11-23-20)5-2-8-22-19)6-7-17(18)21(25-26)28-13-14-4-3-9-27-12-14/h2,5-8,10,14H,3-4,9,11-13H2,1H3,(H,23,24). The zero-order valence-electron chi connectivity index (χ0n) is 15.9.